The first-order chi connectivity index (χ1) is 13.0. The summed E-state index contributed by atoms with van der Waals surface area (Å²) < 4.78 is 0. The average Bonchev–Trinajstić information content (AvgIpc) is 2.66. The molecule has 0 bridgehead atoms. The lowest BCUT2D eigenvalue weighted by molar-refractivity contribution is -0.138. The second kappa shape index (κ2) is 10.8. The zero-order valence-electron chi connectivity index (χ0n) is 16.3. The highest BCUT2D eigenvalue weighted by molar-refractivity contribution is 7.99. The van der Waals surface area contributed by atoms with Gasteiger partial charge in [0.2, 0.25) is 11.8 Å². The minimum atomic E-state index is -0.504. The second-order valence-electron chi connectivity index (χ2n) is 6.56. The molecule has 0 saturated heterocycles. The fourth-order valence-electron chi connectivity index (χ4n) is 2.83. The maximum atomic E-state index is 12.9. The van der Waals surface area contributed by atoms with Crippen LogP contribution in [-0.2, 0) is 21.9 Å². The number of aryl methyl sites for hydroxylation is 1. The number of benzene rings is 2. The summed E-state index contributed by atoms with van der Waals surface area (Å²) in [5.41, 5.74) is 3.37. The van der Waals surface area contributed by atoms with Crippen LogP contribution in [0, 0.1) is 6.92 Å². The van der Waals surface area contributed by atoms with Crippen LogP contribution in [0.4, 0.5) is 0 Å². The van der Waals surface area contributed by atoms with E-state index >= 15 is 0 Å². The van der Waals surface area contributed by atoms with E-state index in [2.05, 4.69) is 23.5 Å². The first kappa shape index (κ1) is 21.0. The molecule has 0 saturated carbocycles. The van der Waals surface area contributed by atoms with Gasteiger partial charge < -0.3 is 10.2 Å². The number of thioether (sulfide) groups is 1. The molecule has 27 heavy (non-hydrogen) atoms. The third-order valence-corrected chi connectivity index (χ3v) is 5.28. The van der Waals surface area contributed by atoms with Crippen molar-refractivity contribution in [3.63, 3.8) is 0 Å². The van der Waals surface area contributed by atoms with Crippen molar-refractivity contribution in [2.45, 2.75) is 39.1 Å². The third kappa shape index (κ3) is 6.75. The minimum absolute atomic E-state index is 0.0174. The zero-order valence-corrected chi connectivity index (χ0v) is 17.1. The molecule has 0 fully saturated rings. The first-order valence-corrected chi connectivity index (χ1v) is 10.4. The van der Waals surface area contributed by atoms with Crippen LogP contribution in [0.1, 0.15) is 30.5 Å². The van der Waals surface area contributed by atoms with E-state index in [1.807, 2.05) is 50.2 Å². The third-order valence-electron chi connectivity index (χ3n) is 4.29. The number of hydrogen-bond donors (Lipinski definition) is 1. The zero-order chi connectivity index (χ0) is 19.6. The number of carbonyl (C=O) groups is 2. The number of rotatable bonds is 9. The SMILES string of the molecule is CCNC(=O)C(C)N(Cc1cccc(C)c1)C(=O)CSCc1ccccc1. The summed E-state index contributed by atoms with van der Waals surface area (Å²) in [7, 11) is 0. The van der Waals surface area contributed by atoms with Gasteiger partial charge in [-0.3, -0.25) is 9.59 Å². The van der Waals surface area contributed by atoms with Crippen LogP contribution in [0.15, 0.2) is 54.6 Å². The molecule has 1 N–H and O–H groups in total. The molecule has 5 heteroatoms. The highest BCUT2D eigenvalue weighted by atomic mass is 32.2. The van der Waals surface area contributed by atoms with Gasteiger partial charge in [-0.05, 0) is 31.9 Å². The minimum Gasteiger partial charge on any atom is -0.355 e. The Kier molecular flexibility index (Phi) is 8.40. The standard InChI is InChI=1S/C22H28N2O2S/c1-4-23-22(26)18(3)24(14-20-12-8-9-17(2)13-20)21(25)16-27-15-19-10-6-5-7-11-19/h5-13,18H,4,14-16H2,1-3H3,(H,23,26). The summed E-state index contributed by atoms with van der Waals surface area (Å²) in [4.78, 5) is 26.9. The van der Waals surface area contributed by atoms with Crippen LogP contribution in [-0.4, -0.2) is 35.1 Å². The predicted molar refractivity (Wildman–Crippen MR) is 112 cm³/mol. The van der Waals surface area contributed by atoms with Crippen molar-refractivity contribution in [1.29, 1.82) is 0 Å². The molecular formula is C22H28N2O2S. The Bertz CT molecular complexity index is 749. The molecule has 0 aliphatic rings. The smallest absolute Gasteiger partial charge is 0.242 e. The van der Waals surface area contributed by atoms with Crippen molar-refractivity contribution in [3.8, 4) is 0 Å². The highest BCUT2D eigenvalue weighted by Crippen LogP contribution is 2.16. The summed E-state index contributed by atoms with van der Waals surface area (Å²) in [6.45, 7) is 6.69. The lowest BCUT2D eigenvalue weighted by atomic mass is 10.1. The van der Waals surface area contributed by atoms with Crippen LogP contribution in [0.2, 0.25) is 0 Å². The number of hydrogen-bond acceptors (Lipinski definition) is 3. The van der Waals surface area contributed by atoms with Gasteiger partial charge in [0.25, 0.3) is 0 Å². The van der Waals surface area contributed by atoms with E-state index in [9.17, 15) is 9.59 Å². The van der Waals surface area contributed by atoms with Crippen LogP contribution in [0.25, 0.3) is 0 Å². The maximum absolute atomic E-state index is 12.9. The van der Waals surface area contributed by atoms with Crippen LogP contribution in [0.5, 0.6) is 0 Å². The van der Waals surface area contributed by atoms with Gasteiger partial charge in [0.15, 0.2) is 0 Å². The Morgan fingerprint density at radius 3 is 2.44 bits per heavy atom. The fraction of sp³-hybridized carbons (Fsp3) is 0.364. The first-order valence-electron chi connectivity index (χ1n) is 9.25. The highest BCUT2D eigenvalue weighted by Gasteiger charge is 2.25. The predicted octanol–water partition coefficient (Wildman–Crippen LogP) is 3.78. The van der Waals surface area contributed by atoms with Gasteiger partial charge in [-0.1, -0.05) is 60.2 Å². The van der Waals surface area contributed by atoms with Crippen molar-refractivity contribution in [2.75, 3.05) is 12.3 Å². The van der Waals surface area contributed by atoms with Gasteiger partial charge in [0.1, 0.15) is 6.04 Å². The number of nitrogens with one attached hydrogen (secondary N) is 1. The summed E-state index contributed by atoms with van der Waals surface area (Å²) in [5.74, 6) is 0.993. The Labute approximate surface area is 166 Å². The van der Waals surface area contributed by atoms with Gasteiger partial charge in [-0.2, -0.15) is 0 Å². The molecule has 0 aromatic heterocycles. The number of nitrogens with zero attached hydrogens (tertiary/aromatic N) is 1. The largest absolute Gasteiger partial charge is 0.355 e. The number of likely N-dealkylation sites (N-methyl/N-ethyl adjacent to an activating group) is 1. The summed E-state index contributed by atoms with van der Waals surface area (Å²) in [5, 5.41) is 2.82. The van der Waals surface area contributed by atoms with E-state index in [0.29, 0.717) is 18.8 Å². The van der Waals surface area contributed by atoms with Gasteiger partial charge in [0, 0.05) is 18.8 Å². The van der Waals surface area contributed by atoms with E-state index in [1.165, 1.54) is 5.56 Å². The molecule has 1 unspecified atom stereocenters. The molecule has 0 radical (unpaired) electrons. The van der Waals surface area contributed by atoms with Gasteiger partial charge in [-0.15, -0.1) is 11.8 Å². The van der Waals surface area contributed by atoms with E-state index in [1.54, 1.807) is 23.6 Å². The Hall–Kier alpha value is -2.27. The normalized spacial score (nSPS) is 11.7. The number of amides is 2. The Morgan fingerprint density at radius 2 is 1.78 bits per heavy atom. The van der Waals surface area contributed by atoms with Gasteiger partial charge in [-0.25, -0.2) is 0 Å². The molecule has 0 spiro atoms. The summed E-state index contributed by atoms with van der Waals surface area (Å²) in [6, 6.07) is 17.6. The van der Waals surface area contributed by atoms with E-state index in [0.717, 1.165) is 16.9 Å². The Morgan fingerprint density at radius 1 is 1.07 bits per heavy atom. The number of carbonyl (C=O) groups excluding carboxylic acids is 2. The molecule has 144 valence electrons. The Balaban J connectivity index is 2.05. The quantitative estimate of drug-likeness (QED) is 0.716. The second-order valence-corrected chi connectivity index (χ2v) is 7.55. The van der Waals surface area contributed by atoms with Crippen molar-refractivity contribution < 1.29 is 9.59 Å². The molecule has 2 aromatic carbocycles. The fourth-order valence-corrected chi connectivity index (χ4v) is 3.70. The van der Waals surface area contributed by atoms with Crippen molar-refractivity contribution in [3.05, 3.63) is 71.3 Å². The van der Waals surface area contributed by atoms with Crippen LogP contribution >= 0.6 is 11.8 Å². The van der Waals surface area contributed by atoms with Crippen LogP contribution in [0.3, 0.4) is 0 Å². The molecule has 2 amide bonds. The lowest BCUT2D eigenvalue weighted by Gasteiger charge is -2.28. The molecular weight excluding hydrogens is 356 g/mol. The van der Waals surface area contributed by atoms with Gasteiger partial charge >= 0.3 is 0 Å². The van der Waals surface area contributed by atoms with Gasteiger partial charge in [0.05, 0.1) is 5.75 Å². The topological polar surface area (TPSA) is 49.4 Å². The lowest BCUT2D eigenvalue weighted by Crippen LogP contribution is -2.48. The molecule has 2 rings (SSSR count). The van der Waals surface area contributed by atoms with E-state index in [4.69, 9.17) is 0 Å². The van der Waals surface area contributed by atoms with E-state index < -0.39 is 6.04 Å². The molecule has 1 atom stereocenters. The summed E-state index contributed by atoms with van der Waals surface area (Å²) >= 11 is 1.58. The molecule has 0 aliphatic heterocycles. The van der Waals surface area contributed by atoms with Crippen molar-refractivity contribution in [1.82, 2.24) is 10.2 Å². The van der Waals surface area contributed by atoms with Crippen molar-refractivity contribution >= 4 is 23.6 Å². The molecule has 0 aliphatic carbocycles. The average molecular weight is 385 g/mol. The molecule has 4 nitrogen and oxygen atoms in total. The monoisotopic (exact) mass is 384 g/mol. The van der Waals surface area contributed by atoms with Crippen molar-refractivity contribution in [2.24, 2.45) is 0 Å². The maximum Gasteiger partial charge on any atom is 0.242 e. The summed E-state index contributed by atoms with van der Waals surface area (Å²) in [6.07, 6.45) is 0. The molecule has 0 heterocycles. The molecule has 2 aromatic rings. The van der Waals surface area contributed by atoms with Crippen LogP contribution < -0.4 is 5.32 Å². The van der Waals surface area contributed by atoms with E-state index in [-0.39, 0.29) is 11.8 Å².